The van der Waals surface area contributed by atoms with Gasteiger partial charge in [-0.2, -0.15) is 0 Å². The standard InChI is InChI=1S/C22H31N3O/c1-17-7-8-20(18(2)13-17)14-24-10-11-25(22(16-24)9-12-26)15-21-6-4-5-19(3)23-21/h4-8,13,22,26H,9-12,14-16H2,1-3H3. The first-order valence-electron chi connectivity index (χ1n) is 9.61. The third kappa shape index (κ3) is 4.91. The highest BCUT2D eigenvalue weighted by Gasteiger charge is 2.27. The topological polar surface area (TPSA) is 39.6 Å². The number of pyridine rings is 1. The minimum atomic E-state index is 0.236. The van der Waals surface area contributed by atoms with Crippen molar-refractivity contribution >= 4 is 0 Å². The van der Waals surface area contributed by atoms with Gasteiger partial charge in [-0.1, -0.05) is 29.8 Å². The number of aromatic nitrogens is 1. The smallest absolute Gasteiger partial charge is 0.0547 e. The van der Waals surface area contributed by atoms with Crippen LogP contribution in [-0.2, 0) is 13.1 Å². The number of aliphatic hydroxyl groups is 1. The van der Waals surface area contributed by atoms with Gasteiger partial charge in [0, 0.05) is 51.1 Å². The van der Waals surface area contributed by atoms with Crippen LogP contribution in [0.1, 0.15) is 34.5 Å². The molecule has 1 aromatic heterocycles. The zero-order valence-electron chi connectivity index (χ0n) is 16.3. The maximum Gasteiger partial charge on any atom is 0.0547 e. The van der Waals surface area contributed by atoms with E-state index >= 15 is 0 Å². The number of aliphatic hydroxyl groups excluding tert-OH is 1. The minimum absolute atomic E-state index is 0.236. The van der Waals surface area contributed by atoms with Gasteiger partial charge < -0.3 is 5.11 Å². The van der Waals surface area contributed by atoms with E-state index in [9.17, 15) is 5.11 Å². The highest BCUT2D eigenvalue weighted by atomic mass is 16.3. The van der Waals surface area contributed by atoms with Gasteiger partial charge in [-0.25, -0.2) is 0 Å². The molecular formula is C22H31N3O. The van der Waals surface area contributed by atoms with Crippen LogP contribution in [0.3, 0.4) is 0 Å². The van der Waals surface area contributed by atoms with Gasteiger partial charge >= 0.3 is 0 Å². The molecule has 4 nitrogen and oxygen atoms in total. The van der Waals surface area contributed by atoms with Gasteiger partial charge in [-0.3, -0.25) is 14.8 Å². The van der Waals surface area contributed by atoms with E-state index in [-0.39, 0.29) is 6.61 Å². The zero-order chi connectivity index (χ0) is 18.5. The molecule has 1 unspecified atom stereocenters. The lowest BCUT2D eigenvalue weighted by Gasteiger charge is -2.41. The molecule has 3 rings (SSSR count). The second-order valence-electron chi connectivity index (χ2n) is 7.57. The maximum atomic E-state index is 9.54. The second-order valence-corrected chi connectivity index (χ2v) is 7.57. The number of hydrogen-bond donors (Lipinski definition) is 1. The lowest BCUT2D eigenvalue weighted by atomic mass is 10.0. The number of piperazine rings is 1. The second kappa shape index (κ2) is 8.76. The van der Waals surface area contributed by atoms with Gasteiger partial charge in [-0.05, 0) is 50.5 Å². The van der Waals surface area contributed by atoms with E-state index in [0.29, 0.717) is 6.04 Å². The molecule has 1 fully saturated rings. The van der Waals surface area contributed by atoms with Crippen molar-refractivity contribution in [1.82, 2.24) is 14.8 Å². The van der Waals surface area contributed by atoms with E-state index in [1.165, 1.54) is 16.7 Å². The zero-order valence-corrected chi connectivity index (χ0v) is 16.3. The van der Waals surface area contributed by atoms with Crippen LogP contribution in [0.4, 0.5) is 0 Å². The molecule has 1 aromatic carbocycles. The molecule has 1 N–H and O–H groups in total. The molecule has 0 saturated carbocycles. The summed E-state index contributed by atoms with van der Waals surface area (Å²) < 4.78 is 0. The van der Waals surface area contributed by atoms with Crippen LogP contribution in [0.15, 0.2) is 36.4 Å². The average Bonchev–Trinajstić information content (AvgIpc) is 2.60. The summed E-state index contributed by atoms with van der Waals surface area (Å²) in [6.07, 6.45) is 0.815. The fourth-order valence-electron chi connectivity index (χ4n) is 3.89. The van der Waals surface area contributed by atoms with Crippen LogP contribution < -0.4 is 0 Å². The van der Waals surface area contributed by atoms with Crippen LogP contribution >= 0.6 is 0 Å². The lowest BCUT2D eigenvalue weighted by molar-refractivity contribution is 0.0490. The van der Waals surface area contributed by atoms with Crippen molar-refractivity contribution in [2.75, 3.05) is 26.2 Å². The highest BCUT2D eigenvalue weighted by molar-refractivity contribution is 5.30. The van der Waals surface area contributed by atoms with Crippen LogP contribution in [0.25, 0.3) is 0 Å². The maximum absolute atomic E-state index is 9.54. The number of aryl methyl sites for hydroxylation is 3. The monoisotopic (exact) mass is 353 g/mol. The molecule has 0 spiro atoms. The number of hydrogen-bond acceptors (Lipinski definition) is 4. The van der Waals surface area contributed by atoms with Crippen molar-refractivity contribution < 1.29 is 5.11 Å². The van der Waals surface area contributed by atoms with Crippen molar-refractivity contribution in [3.05, 3.63) is 64.5 Å². The molecule has 0 aliphatic carbocycles. The Bertz CT molecular complexity index is 731. The number of nitrogens with zero attached hydrogens (tertiary/aromatic N) is 3. The Hall–Kier alpha value is -1.75. The summed E-state index contributed by atoms with van der Waals surface area (Å²) in [5.41, 5.74) is 6.28. The molecule has 1 aliphatic rings. The van der Waals surface area contributed by atoms with E-state index in [4.69, 9.17) is 0 Å². The molecule has 0 bridgehead atoms. The van der Waals surface area contributed by atoms with Gasteiger partial charge in [0.25, 0.3) is 0 Å². The summed E-state index contributed by atoms with van der Waals surface area (Å²) in [7, 11) is 0. The van der Waals surface area contributed by atoms with Crippen LogP contribution in [0.5, 0.6) is 0 Å². The Labute approximate surface area is 157 Å². The highest BCUT2D eigenvalue weighted by Crippen LogP contribution is 2.19. The quantitative estimate of drug-likeness (QED) is 0.866. The molecule has 26 heavy (non-hydrogen) atoms. The normalized spacial score (nSPS) is 19.0. The average molecular weight is 354 g/mol. The molecular weight excluding hydrogens is 322 g/mol. The first kappa shape index (κ1) is 19.0. The van der Waals surface area contributed by atoms with Crippen molar-refractivity contribution in [3.63, 3.8) is 0 Å². The third-order valence-corrected chi connectivity index (χ3v) is 5.35. The van der Waals surface area contributed by atoms with E-state index in [1.54, 1.807) is 0 Å². The predicted molar refractivity (Wildman–Crippen MR) is 106 cm³/mol. The van der Waals surface area contributed by atoms with Gasteiger partial charge in [-0.15, -0.1) is 0 Å². The fraction of sp³-hybridized carbons (Fsp3) is 0.500. The van der Waals surface area contributed by atoms with E-state index in [1.807, 2.05) is 13.0 Å². The molecule has 0 amide bonds. The number of benzene rings is 1. The van der Waals surface area contributed by atoms with Crippen molar-refractivity contribution in [2.45, 2.75) is 46.3 Å². The Kier molecular flexibility index (Phi) is 6.41. The van der Waals surface area contributed by atoms with Crippen LogP contribution in [0, 0.1) is 20.8 Å². The largest absolute Gasteiger partial charge is 0.396 e. The molecule has 1 aliphatic heterocycles. The first-order valence-corrected chi connectivity index (χ1v) is 9.61. The first-order chi connectivity index (χ1) is 12.5. The summed E-state index contributed by atoms with van der Waals surface area (Å²) in [4.78, 5) is 9.66. The molecule has 4 heteroatoms. The number of rotatable bonds is 6. The molecule has 1 saturated heterocycles. The Morgan fingerprint density at radius 1 is 1.08 bits per heavy atom. The summed E-state index contributed by atoms with van der Waals surface area (Å²) in [5.74, 6) is 0. The summed E-state index contributed by atoms with van der Waals surface area (Å²) in [6, 6.07) is 13.3. The SMILES string of the molecule is Cc1ccc(CN2CCN(Cc3cccc(C)n3)C(CCO)C2)c(C)c1. The Balaban J connectivity index is 1.65. The van der Waals surface area contributed by atoms with Crippen molar-refractivity contribution in [1.29, 1.82) is 0 Å². The van der Waals surface area contributed by atoms with Gasteiger partial charge in [0.15, 0.2) is 0 Å². The molecule has 2 heterocycles. The molecule has 2 aromatic rings. The fourth-order valence-corrected chi connectivity index (χ4v) is 3.89. The summed E-state index contributed by atoms with van der Waals surface area (Å²) in [6.45, 7) is 11.6. The lowest BCUT2D eigenvalue weighted by Crippen LogP contribution is -2.52. The van der Waals surface area contributed by atoms with Crippen LogP contribution in [0.2, 0.25) is 0 Å². The molecule has 1 atom stereocenters. The van der Waals surface area contributed by atoms with Gasteiger partial charge in [0.1, 0.15) is 0 Å². The predicted octanol–water partition coefficient (Wildman–Crippen LogP) is 3.08. The third-order valence-electron chi connectivity index (χ3n) is 5.35. The van der Waals surface area contributed by atoms with E-state index in [2.05, 4.69) is 59.0 Å². The molecule has 0 radical (unpaired) electrons. The van der Waals surface area contributed by atoms with E-state index < -0.39 is 0 Å². The van der Waals surface area contributed by atoms with Crippen molar-refractivity contribution in [3.8, 4) is 0 Å². The minimum Gasteiger partial charge on any atom is -0.396 e. The molecule has 140 valence electrons. The van der Waals surface area contributed by atoms with Crippen molar-refractivity contribution in [2.24, 2.45) is 0 Å². The summed E-state index contributed by atoms with van der Waals surface area (Å²) in [5, 5.41) is 9.54. The summed E-state index contributed by atoms with van der Waals surface area (Å²) >= 11 is 0. The van der Waals surface area contributed by atoms with Gasteiger partial charge in [0.2, 0.25) is 0 Å². The Morgan fingerprint density at radius 2 is 1.92 bits per heavy atom. The van der Waals surface area contributed by atoms with Crippen LogP contribution in [-0.4, -0.2) is 52.2 Å². The Morgan fingerprint density at radius 3 is 2.65 bits per heavy atom. The van der Waals surface area contributed by atoms with E-state index in [0.717, 1.165) is 50.5 Å². The van der Waals surface area contributed by atoms with Gasteiger partial charge in [0.05, 0.1) is 5.69 Å².